The Morgan fingerprint density at radius 3 is 2.67 bits per heavy atom. The summed E-state index contributed by atoms with van der Waals surface area (Å²) in [5.41, 5.74) is 1.50. The Bertz CT molecular complexity index is 661. The number of nitrogens with zero attached hydrogens (tertiary/aromatic N) is 4. The Kier molecular flexibility index (Phi) is 4.32. The van der Waals surface area contributed by atoms with Crippen LogP contribution in [0.1, 0.15) is 26.3 Å². The fraction of sp³-hybridized carbons (Fsp3) is 0.429. The van der Waals surface area contributed by atoms with Gasteiger partial charge in [-0.25, -0.2) is 0 Å². The van der Waals surface area contributed by atoms with Crippen molar-refractivity contribution in [3.05, 3.63) is 23.9 Å². The predicted octanol–water partition coefficient (Wildman–Crippen LogP) is 2.58. The van der Waals surface area contributed by atoms with E-state index in [-0.39, 0.29) is 11.3 Å². The van der Waals surface area contributed by atoms with Gasteiger partial charge < -0.3 is 5.11 Å². The van der Waals surface area contributed by atoms with Crippen LogP contribution in [0.15, 0.2) is 23.5 Å². The second kappa shape index (κ2) is 5.85. The molecule has 0 bridgehead atoms. The van der Waals surface area contributed by atoms with Crippen LogP contribution in [0.2, 0.25) is 0 Å². The molecule has 0 saturated carbocycles. The number of aliphatic carboxylic acids is 1. The van der Waals surface area contributed by atoms with E-state index in [0.29, 0.717) is 11.0 Å². The summed E-state index contributed by atoms with van der Waals surface area (Å²) < 4.78 is 1.94. The summed E-state index contributed by atoms with van der Waals surface area (Å²) >= 11 is 1.17. The van der Waals surface area contributed by atoms with Crippen LogP contribution in [0.4, 0.5) is 0 Å². The molecule has 21 heavy (non-hydrogen) atoms. The van der Waals surface area contributed by atoms with Gasteiger partial charge in [-0.2, -0.15) is 0 Å². The van der Waals surface area contributed by atoms with Crippen molar-refractivity contribution in [2.75, 3.05) is 5.75 Å². The number of aromatic nitrogens is 4. The Balaban J connectivity index is 2.52. The molecule has 0 saturated heterocycles. The standard InChI is InChI=1S/C14H18N4O2S/c1-9-6-5-7-15-11(9)12-16-17-13(21-8-10(19)20)18(12)14(2,3)4/h5-7H,8H2,1-4H3,(H,19,20). The lowest BCUT2D eigenvalue weighted by Gasteiger charge is -2.24. The first-order valence-corrected chi connectivity index (χ1v) is 7.51. The van der Waals surface area contributed by atoms with E-state index >= 15 is 0 Å². The van der Waals surface area contributed by atoms with E-state index in [1.807, 2.05) is 44.4 Å². The average Bonchev–Trinajstić information content (AvgIpc) is 2.80. The topological polar surface area (TPSA) is 80.9 Å². The van der Waals surface area contributed by atoms with Crippen LogP contribution in [0, 0.1) is 6.92 Å². The summed E-state index contributed by atoms with van der Waals surface area (Å²) in [7, 11) is 0. The minimum absolute atomic E-state index is 0.0462. The van der Waals surface area contributed by atoms with Crippen LogP contribution in [-0.4, -0.2) is 36.6 Å². The lowest BCUT2D eigenvalue weighted by Crippen LogP contribution is -2.24. The maximum Gasteiger partial charge on any atom is 0.313 e. The van der Waals surface area contributed by atoms with Crippen LogP contribution >= 0.6 is 11.8 Å². The monoisotopic (exact) mass is 306 g/mol. The van der Waals surface area contributed by atoms with Gasteiger partial charge in [0.15, 0.2) is 11.0 Å². The second-order valence-electron chi connectivity index (χ2n) is 5.66. The third kappa shape index (κ3) is 3.41. The van der Waals surface area contributed by atoms with Crippen LogP contribution < -0.4 is 0 Å². The zero-order valence-corrected chi connectivity index (χ0v) is 13.3. The van der Waals surface area contributed by atoms with Gasteiger partial charge in [-0.15, -0.1) is 10.2 Å². The average molecular weight is 306 g/mol. The van der Waals surface area contributed by atoms with Crippen LogP contribution in [-0.2, 0) is 10.3 Å². The van der Waals surface area contributed by atoms with Crippen molar-refractivity contribution in [1.82, 2.24) is 19.7 Å². The minimum Gasteiger partial charge on any atom is -0.481 e. The van der Waals surface area contributed by atoms with Gasteiger partial charge in [0.05, 0.1) is 5.75 Å². The smallest absolute Gasteiger partial charge is 0.313 e. The van der Waals surface area contributed by atoms with E-state index in [9.17, 15) is 4.79 Å². The molecule has 112 valence electrons. The Hall–Kier alpha value is -1.89. The molecule has 2 aromatic heterocycles. The fourth-order valence-corrected chi connectivity index (χ4v) is 2.81. The van der Waals surface area contributed by atoms with Gasteiger partial charge in [-0.1, -0.05) is 17.8 Å². The number of hydrogen-bond acceptors (Lipinski definition) is 5. The highest BCUT2D eigenvalue weighted by Crippen LogP contribution is 2.30. The van der Waals surface area contributed by atoms with Gasteiger partial charge in [0.1, 0.15) is 5.69 Å². The molecule has 0 radical (unpaired) electrons. The molecular formula is C14H18N4O2S. The van der Waals surface area contributed by atoms with Gasteiger partial charge in [0, 0.05) is 11.7 Å². The van der Waals surface area contributed by atoms with Crippen molar-refractivity contribution in [3.63, 3.8) is 0 Å². The van der Waals surface area contributed by atoms with Crippen LogP contribution in [0.5, 0.6) is 0 Å². The van der Waals surface area contributed by atoms with Crippen molar-refractivity contribution < 1.29 is 9.90 Å². The molecule has 2 heterocycles. The van der Waals surface area contributed by atoms with Gasteiger partial charge in [-0.3, -0.25) is 14.3 Å². The molecule has 0 aromatic carbocycles. The SMILES string of the molecule is Cc1cccnc1-c1nnc(SCC(=O)O)n1C(C)(C)C. The van der Waals surface area contributed by atoms with Gasteiger partial charge in [-0.05, 0) is 39.3 Å². The summed E-state index contributed by atoms with van der Waals surface area (Å²) in [6.45, 7) is 8.06. The molecule has 2 aromatic rings. The van der Waals surface area contributed by atoms with Crippen molar-refractivity contribution in [2.24, 2.45) is 0 Å². The summed E-state index contributed by atoms with van der Waals surface area (Å²) in [5, 5.41) is 17.8. The number of carboxylic acids is 1. The van der Waals surface area contributed by atoms with E-state index in [1.54, 1.807) is 6.20 Å². The zero-order valence-electron chi connectivity index (χ0n) is 12.5. The number of hydrogen-bond donors (Lipinski definition) is 1. The van der Waals surface area contributed by atoms with E-state index in [1.165, 1.54) is 11.8 Å². The molecule has 0 amide bonds. The molecule has 6 nitrogen and oxygen atoms in total. The number of rotatable bonds is 4. The lowest BCUT2D eigenvalue weighted by molar-refractivity contribution is -0.133. The number of thioether (sulfide) groups is 1. The molecule has 0 aliphatic heterocycles. The third-order valence-electron chi connectivity index (χ3n) is 2.85. The van der Waals surface area contributed by atoms with E-state index in [2.05, 4.69) is 15.2 Å². The highest BCUT2D eigenvalue weighted by molar-refractivity contribution is 7.99. The van der Waals surface area contributed by atoms with Gasteiger partial charge in [0.2, 0.25) is 0 Å². The Morgan fingerprint density at radius 2 is 2.10 bits per heavy atom. The third-order valence-corrected chi connectivity index (χ3v) is 3.76. The van der Waals surface area contributed by atoms with E-state index < -0.39 is 5.97 Å². The zero-order chi connectivity index (χ0) is 15.6. The largest absolute Gasteiger partial charge is 0.481 e. The molecule has 0 aliphatic rings. The molecule has 7 heteroatoms. The highest BCUT2D eigenvalue weighted by Gasteiger charge is 2.25. The van der Waals surface area contributed by atoms with E-state index in [4.69, 9.17) is 5.11 Å². The molecule has 0 fully saturated rings. The second-order valence-corrected chi connectivity index (χ2v) is 6.61. The molecular weight excluding hydrogens is 288 g/mol. The lowest BCUT2D eigenvalue weighted by atomic mass is 10.1. The molecule has 0 aliphatic carbocycles. The summed E-state index contributed by atoms with van der Waals surface area (Å²) in [6.07, 6.45) is 1.72. The molecule has 0 atom stereocenters. The first-order valence-electron chi connectivity index (χ1n) is 6.53. The first kappa shape index (κ1) is 15.5. The van der Waals surface area contributed by atoms with Gasteiger partial charge in [0.25, 0.3) is 0 Å². The number of aryl methyl sites for hydroxylation is 1. The minimum atomic E-state index is -0.876. The number of pyridine rings is 1. The van der Waals surface area contributed by atoms with Crippen molar-refractivity contribution in [1.29, 1.82) is 0 Å². The van der Waals surface area contributed by atoms with E-state index in [0.717, 1.165) is 11.3 Å². The fourth-order valence-electron chi connectivity index (χ4n) is 1.97. The molecule has 0 unspecified atom stereocenters. The summed E-state index contributed by atoms with van der Waals surface area (Å²) in [6, 6.07) is 3.84. The highest BCUT2D eigenvalue weighted by atomic mass is 32.2. The first-order chi connectivity index (χ1) is 9.80. The molecule has 2 rings (SSSR count). The van der Waals surface area contributed by atoms with Crippen molar-refractivity contribution in [2.45, 2.75) is 38.4 Å². The van der Waals surface area contributed by atoms with Crippen LogP contribution in [0.25, 0.3) is 11.5 Å². The normalized spacial score (nSPS) is 11.6. The maximum atomic E-state index is 10.8. The van der Waals surface area contributed by atoms with Crippen LogP contribution in [0.3, 0.4) is 0 Å². The predicted molar refractivity (Wildman–Crippen MR) is 81.3 cm³/mol. The summed E-state index contributed by atoms with van der Waals surface area (Å²) in [4.78, 5) is 15.2. The summed E-state index contributed by atoms with van der Waals surface area (Å²) in [5.74, 6) is -0.261. The quantitative estimate of drug-likeness (QED) is 0.874. The van der Waals surface area contributed by atoms with Crippen molar-refractivity contribution in [3.8, 4) is 11.5 Å². The Morgan fingerprint density at radius 1 is 1.38 bits per heavy atom. The molecule has 0 spiro atoms. The van der Waals surface area contributed by atoms with Gasteiger partial charge >= 0.3 is 5.97 Å². The number of carboxylic acid groups (broad SMARTS) is 1. The van der Waals surface area contributed by atoms with Crippen molar-refractivity contribution >= 4 is 17.7 Å². The molecule has 1 N–H and O–H groups in total. The maximum absolute atomic E-state index is 10.8. The number of carbonyl (C=O) groups is 1. The Labute approximate surface area is 127 Å².